The van der Waals surface area contributed by atoms with E-state index < -0.39 is 0 Å². The molecule has 2 aliphatic rings. The number of carbonyl (C=O) groups excluding carboxylic acids is 1. The van der Waals surface area contributed by atoms with Crippen molar-refractivity contribution in [3.8, 4) is 0 Å². The molecule has 1 aromatic heterocycles. The highest BCUT2D eigenvalue weighted by Gasteiger charge is 2.42. The van der Waals surface area contributed by atoms with Crippen LogP contribution in [0.1, 0.15) is 24.8 Å². The molecule has 2 bridgehead atoms. The molecule has 2 unspecified atom stereocenters. The summed E-state index contributed by atoms with van der Waals surface area (Å²) in [5, 5.41) is 0. The molecule has 19 heavy (non-hydrogen) atoms. The Morgan fingerprint density at radius 1 is 1.47 bits per heavy atom. The molecule has 0 amide bonds. The number of ether oxygens (including phenoxy) is 1. The van der Waals surface area contributed by atoms with E-state index in [0.717, 1.165) is 36.0 Å². The average molecular weight is 258 g/mol. The lowest BCUT2D eigenvalue weighted by molar-refractivity contribution is -0.136. The van der Waals surface area contributed by atoms with Crippen LogP contribution in [0.25, 0.3) is 5.57 Å². The molecule has 2 aliphatic heterocycles. The zero-order valence-electron chi connectivity index (χ0n) is 11.3. The number of pyridine rings is 1. The molecule has 1 fully saturated rings. The number of esters is 1. The minimum absolute atomic E-state index is 0.196. The van der Waals surface area contributed by atoms with E-state index in [2.05, 4.69) is 16.9 Å². The number of carbonyl (C=O) groups is 1. The first-order chi connectivity index (χ1) is 9.22. The van der Waals surface area contributed by atoms with Crippen LogP contribution in [-0.2, 0) is 9.53 Å². The summed E-state index contributed by atoms with van der Waals surface area (Å²) >= 11 is 0. The van der Waals surface area contributed by atoms with Gasteiger partial charge in [0, 0.05) is 24.5 Å². The lowest BCUT2D eigenvalue weighted by Crippen LogP contribution is -2.40. The Morgan fingerprint density at radius 3 is 3.00 bits per heavy atom. The zero-order valence-corrected chi connectivity index (χ0v) is 11.3. The molecule has 4 heteroatoms. The van der Waals surface area contributed by atoms with E-state index >= 15 is 0 Å². The number of likely N-dealkylation sites (N-methyl/N-ethyl adjacent to an activating group) is 1. The highest BCUT2D eigenvalue weighted by atomic mass is 16.5. The second-order valence-electron chi connectivity index (χ2n) is 5.24. The van der Waals surface area contributed by atoms with Gasteiger partial charge in [0.25, 0.3) is 0 Å². The fourth-order valence-corrected chi connectivity index (χ4v) is 3.34. The van der Waals surface area contributed by atoms with Crippen LogP contribution in [0.3, 0.4) is 0 Å². The van der Waals surface area contributed by atoms with E-state index in [0.29, 0.717) is 6.04 Å². The predicted octanol–water partition coefficient (Wildman–Crippen LogP) is 1.87. The van der Waals surface area contributed by atoms with E-state index in [-0.39, 0.29) is 12.0 Å². The summed E-state index contributed by atoms with van der Waals surface area (Å²) in [6.07, 6.45) is 6.68. The van der Waals surface area contributed by atoms with Crippen LogP contribution in [0.2, 0.25) is 0 Å². The van der Waals surface area contributed by atoms with E-state index in [1.165, 1.54) is 7.11 Å². The van der Waals surface area contributed by atoms with Crippen molar-refractivity contribution in [1.29, 1.82) is 0 Å². The summed E-state index contributed by atoms with van der Waals surface area (Å²) in [5.74, 6) is -0.198. The number of hydrogen-bond donors (Lipinski definition) is 0. The van der Waals surface area contributed by atoms with E-state index in [1.807, 2.05) is 18.3 Å². The Balaban J connectivity index is 2.11. The normalized spacial score (nSPS) is 26.6. The highest BCUT2D eigenvalue weighted by Crippen LogP contribution is 2.42. The monoisotopic (exact) mass is 258 g/mol. The third kappa shape index (κ3) is 1.96. The molecule has 0 spiro atoms. The Hall–Kier alpha value is -1.68. The lowest BCUT2D eigenvalue weighted by Gasteiger charge is -2.34. The van der Waals surface area contributed by atoms with Crippen molar-refractivity contribution < 1.29 is 9.53 Å². The van der Waals surface area contributed by atoms with Crippen LogP contribution >= 0.6 is 0 Å². The minimum Gasteiger partial charge on any atom is -0.466 e. The Kier molecular flexibility index (Phi) is 3.11. The van der Waals surface area contributed by atoms with Crippen molar-refractivity contribution in [3.05, 3.63) is 35.7 Å². The smallest absolute Gasteiger partial charge is 0.335 e. The van der Waals surface area contributed by atoms with Crippen LogP contribution < -0.4 is 0 Å². The van der Waals surface area contributed by atoms with Gasteiger partial charge >= 0.3 is 5.97 Å². The molecule has 0 radical (unpaired) electrons. The first kappa shape index (κ1) is 12.4. The molecule has 1 saturated heterocycles. The van der Waals surface area contributed by atoms with Gasteiger partial charge in [-0.05, 0) is 43.5 Å². The number of rotatable bonds is 2. The van der Waals surface area contributed by atoms with E-state index in [9.17, 15) is 4.79 Å². The van der Waals surface area contributed by atoms with Crippen molar-refractivity contribution in [2.24, 2.45) is 0 Å². The van der Waals surface area contributed by atoms with Gasteiger partial charge in [-0.3, -0.25) is 9.88 Å². The largest absolute Gasteiger partial charge is 0.466 e. The minimum atomic E-state index is -0.198. The molecule has 0 aliphatic carbocycles. The molecule has 3 rings (SSSR count). The molecule has 0 N–H and O–H groups in total. The first-order valence-electron chi connectivity index (χ1n) is 6.66. The third-order valence-electron chi connectivity index (χ3n) is 4.35. The Labute approximate surface area is 113 Å². The summed E-state index contributed by atoms with van der Waals surface area (Å²) in [6.45, 7) is 0. The molecular formula is C15H18N2O2. The van der Waals surface area contributed by atoms with Gasteiger partial charge in [-0.15, -0.1) is 0 Å². The van der Waals surface area contributed by atoms with Crippen LogP contribution in [-0.4, -0.2) is 42.1 Å². The first-order valence-corrected chi connectivity index (χ1v) is 6.66. The van der Waals surface area contributed by atoms with E-state index in [4.69, 9.17) is 4.74 Å². The summed E-state index contributed by atoms with van der Waals surface area (Å²) in [4.78, 5) is 18.6. The summed E-state index contributed by atoms with van der Waals surface area (Å²) in [6, 6.07) is 4.67. The van der Waals surface area contributed by atoms with Crippen molar-refractivity contribution >= 4 is 11.5 Å². The SMILES string of the molecule is COC(=O)C1=C(c2cccnc2)CC2CCC1N2C. The highest BCUT2D eigenvalue weighted by molar-refractivity contribution is 5.99. The number of methoxy groups -OCH3 is 1. The lowest BCUT2D eigenvalue weighted by atomic mass is 9.89. The maximum absolute atomic E-state index is 12.2. The van der Waals surface area contributed by atoms with Crippen molar-refractivity contribution in [3.63, 3.8) is 0 Å². The van der Waals surface area contributed by atoms with Gasteiger partial charge < -0.3 is 4.74 Å². The maximum atomic E-state index is 12.2. The van der Waals surface area contributed by atoms with Gasteiger partial charge in [0.05, 0.1) is 12.7 Å². The summed E-state index contributed by atoms with van der Waals surface area (Å²) in [5.41, 5.74) is 2.99. The van der Waals surface area contributed by atoms with Gasteiger partial charge in [-0.2, -0.15) is 0 Å². The Morgan fingerprint density at radius 2 is 2.32 bits per heavy atom. The standard InChI is InChI=1S/C15H18N2O2/c1-17-11-5-6-13(17)14(15(18)19-2)12(8-11)10-4-3-7-16-9-10/h3-4,7,9,11,13H,5-6,8H2,1-2H3. The van der Waals surface area contributed by atoms with Crippen molar-refractivity contribution in [1.82, 2.24) is 9.88 Å². The number of fused-ring (bicyclic) bond motifs is 2. The molecule has 2 atom stereocenters. The molecule has 4 nitrogen and oxygen atoms in total. The quantitative estimate of drug-likeness (QED) is 0.760. The summed E-state index contributed by atoms with van der Waals surface area (Å²) < 4.78 is 5.00. The van der Waals surface area contributed by atoms with Crippen LogP contribution in [0.15, 0.2) is 30.1 Å². The number of hydrogen-bond acceptors (Lipinski definition) is 4. The number of aromatic nitrogens is 1. The van der Waals surface area contributed by atoms with Crippen LogP contribution in [0.5, 0.6) is 0 Å². The van der Waals surface area contributed by atoms with Crippen molar-refractivity contribution in [2.45, 2.75) is 31.3 Å². The van der Waals surface area contributed by atoms with Gasteiger partial charge in [-0.1, -0.05) is 6.07 Å². The topological polar surface area (TPSA) is 42.4 Å². The molecular weight excluding hydrogens is 240 g/mol. The van der Waals surface area contributed by atoms with Gasteiger partial charge in [-0.25, -0.2) is 4.79 Å². The molecule has 3 heterocycles. The Bertz CT molecular complexity index is 524. The van der Waals surface area contributed by atoms with Crippen LogP contribution in [0, 0.1) is 0 Å². The fraction of sp³-hybridized carbons (Fsp3) is 0.467. The second kappa shape index (κ2) is 4.78. The predicted molar refractivity (Wildman–Crippen MR) is 72.4 cm³/mol. The average Bonchev–Trinajstić information content (AvgIpc) is 2.70. The van der Waals surface area contributed by atoms with Crippen molar-refractivity contribution in [2.75, 3.05) is 14.2 Å². The maximum Gasteiger partial charge on any atom is 0.335 e. The van der Waals surface area contributed by atoms with Crippen LogP contribution in [0.4, 0.5) is 0 Å². The second-order valence-corrected chi connectivity index (χ2v) is 5.24. The van der Waals surface area contributed by atoms with Gasteiger partial charge in [0.15, 0.2) is 0 Å². The zero-order chi connectivity index (χ0) is 13.4. The fourth-order valence-electron chi connectivity index (χ4n) is 3.34. The molecule has 1 aromatic rings. The molecule has 0 aromatic carbocycles. The third-order valence-corrected chi connectivity index (χ3v) is 4.35. The molecule has 0 saturated carbocycles. The number of nitrogens with zero attached hydrogens (tertiary/aromatic N) is 2. The summed E-state index contributed by atoms with van der Waals surface area (Å²) in [7, 11) is 3.56. The van der Waals surface area contributed by atoms with E-state index in [1.54, 1.807) is 6.20 Å². The van der Waals surface area contributed by atoms with Gasteiger partial charge in [0.2, 0.25) is 0 Å². The molecule has 100 valence electrons. The van der Waals surface area contributed by atoms with Gasteiger partial charge in [0.1, 0.15) is 0 Å².